The molecule has 0 spiro atoms. The molecule has 0 aliphatic carbocycles. The minimum atomic E-state index is -0.0795. The average molecular weight is 347 g/mol. The summed E-state index contributed by atoms with van der Waals surface area (Å²) in [6, 6.07) is 5.43. The van der Waals surface area contributed by atoms with Gasteiger partial charge in [0.1, 0.15) is 5.75 Å². The summed E-state index contributed by atoms with van der Waals surface area (Å²) in [6.45, 7) is 2.67. The Labute approximate surface area is 147 Å². The number of anilines is 2. The van der Waals surface area contributed by atoms with Gasteiger partial charge in [-0.25, -0.2) is 0 Å². The third-order valence-electron chi connectivity index (χ3n) is 4.51. The molecule has 0 aromatic heterocycles. The number of methoxy groups -OCH3 is 1. The molecule has 0 radical (unpaired) electrons. The number of ether oxygens (including phenoxy) is 2. The molecule has 0 saturated carbocycles. The molecule has 7 heteroatoms. The molecule has 1 aromatic rings. The fourth-order valence-electron chi connectivity index (χ4n) is 3.23. The number of hydrogen-bond acceptors (Lipinski definition) is 5. The second-order valence-corrected chi connectivity index (χ2v) is 6.37. The Morgan fingerprint density at radius 1 is 1.44 bits per heavy atom. The van der Waals surface area contributed by atoms with Gasteiger partial charge in [0.05, 0.1) is 26.0 Å². The molecule has 2 aliphatic heterocycles. The van der Waals surface area contributed by atoms with Gasteiger partial charge in [-0.2, -0.15) is 0 Å². The highest BCUT2D eigenvalue weighted by Crippen LogP contribution is 2.33. The molecule has 2 heterocycles. The van der Waals surface area contributed by atoms with Gasteiger partial charge in [-0.05, 0) is 31.0 Å². The van der Waals surface area contributed by atoms with Crippen LogP contribution in [0.2, 0.25) is 0 Å². The smallest absolute Gasteiger partial charge is 0.227 e. The number of carbonyl (C=O) groups excluding carboxylic acids is 2. The van der Waals surface area contributed by atoms with Crippen molar-refractivity contribution in [2.45, 2.75) is 31.7 Å². The third-order valence-corrected chi connectivity index (χ3v) is 4.51. The molecule has 2 amide bonds. The lowest BCUT2D eigenvalue weighted by molar-refractivity contribution is -0.119. The van der Waals surface area contributed by atoms with Crippen LogP contribution in [0.4, 0.5) is 11.4 Å². The summed E-state index contributed by atoms with van der Waals surface area (Å²) in [5.41, 5.74) is 1.38. The third kappa shape index (κ3) is 4.49. The van der Waals surface area contributed by atoms with Crippen LogP contribution in [0, 0.1) is 0 Å². The molecular weight excluding hydrogens is 322 g/mol. The van der Waals surface area contributed by atoms with Crippen LogP contribution in [0.25, 0.3) is 0 Å². The molecule has 0 bridgehead atoms. The molecule has 136 valence electrons. The molecule has 1 aromatic carbocycles. The van der Waals surface area contributed by atoms with Gasteiger partial charge in [0.15, 0.2) is 0 Å². The molecule has 2 saturated heterocycles. The van der Waals surface area contributed by atoms with Gasteiger partial charge in [-0.15, -0.1) is 0 Å². The Kier molecular flexibility index (Phi) is 5.88. The molecule has 3 rings (SSSR count). The first-order valence-corrected chi connectivity index (χ1v) is 8.77. The van der Waals surface area contributed by atoms with Crippen LogP contribution < -0.4 is 20.3 Å². The normalized spacial score (nSPS) is 21.1. The monoisotopic (exact) mass is 347 g/mol. The first-order chi connectivity index (χ1) is 12.2. The predicted molar refractivity (Wildman–Crippen MR) is 95.1 cm³/mol. The van der Waals surface area contributed by atoms with Gasteiger partial charge in [0.25, 0.3) is 0 Å². The average Bonchev–Trinajstić information content (AvgIpc) is 2.63. The zero-order valence-electron chi connectivity index (χ0n) is 14.5. The number of nitrogens with one attached hydrogen (secondary N) is 2. The van der Waals surface area contributed by atoms with E-state index in [9.17, 15) is 9.59 Å². The predicted octanol–water partition coefficient (Wildman–Crippen LogP) is 1.53. The van der Waals surface area contributed by atoms with Crippen LogP contribution in [-0.4, -0.2) is 51.3 Å². The zero-order valence-corrected chi connectivity index (χ0v) is 14.5. The number of piperidine rings is 1. The summed E-state index contributed by atoms with van der Waals surface area (Å²) in [4.78, 5) is 26.2. The standard InChI is InChI=1S/C18H25N3O4/c1-24-16-6-5-13(10-15(16)21-8-3-2-4-18(21)23)20-17(22)11-14-12-25-9-7-19-14/h5-6,10,14,19H,2-4,7-9,11-12H2,1H3,(H,20,22). The number of morpholine rings is 1. The number of benzene rings is 1. The minimum Gasteiger partial charge on any atom is -0.495 e. The molecule has 2 aliphatic rings. The maximum absolute atomic E-state index is 12.3. The van der Waals surface area contributed by atoms with Crippen molar-refractivity contribution < 1.29 is 19.1 Å². The Bertz CT molecular complexity index is 629. The van der Waals surface area contributed by atoms with E-state index in [1.54, 1.807) is 24.1 Å². The van der Waals surface area contributed by atoms with Gasteiger partial charge in [-0.1, -0.05) is 0 Å². The molecule has 7 nitrogen and oxygen atoms in total. The Balaban J connectivity index is 1.70. The summed E-state index contributed by atoms with van der Waals surface area (Å²) in [6.07, 6.45) is 2.79. The van der Waals surface area contributed by atoms with Crippen molar-refractivity contribution >= 4 is 23.2 Å². The molecule has 2 fully saturated rings. The van der Waals surface area contributed by atoms with E-state index in [0.717, 1.165) is 19.4 Å². The van der Waals surface area contributed by atoms with Gasteiger partial charge < -0.3 is 25.0 Å². The van der Waals surface area contributed by atoms with E-state index >= 15 is 0 Å². The van der Waals surface area contributed by atoms with Gasteiger partial charge >= 0.3 is 0 Å². The summed E-state index contributed by atoms with van der Waals surface area (Å²) < 4.78 is 10.8. The van der Waals surface area contributed by atoms with E-state index in [2.05, 4.69) is 10.6 Å². The van der Waals surface area contributed by atoms with Gasteiger partial charge in [0, 0.05) is 37.7 Å². The molecule has 1 unspecified atom stereocenters. The largest absolute Gasteiger partial charge is 0.495 e. The van der Waals surface area contributed by atoms with Crippen LogP contribution in [0.3, 0.4) is 0 Å². The van der Waals surface area contributed by atoms with E-state index in [1.807, 2.05) is 6.07 Å². The highest BCUT2D eigenvalue weighted by atomic mass is 16.5. The lowest BCUT2D eigenvalue weighted by Crippen LogP contribution is -2.43. The van der Waals surface area contributed by atoms with E-state index in [1.165, 1.54) is 0 Å². The fourth-order valence-corrected chi connectivity index (χ4v) is 3.23. The van der Waals surface area contributed by atoms with E-state index in [0.29, 0.717) is 49.7 Å². The summed E-state index contributed by atoms with van der Waals surface area (Å²) in [5.74, 6) is 0.649. The highest BCUT2D eigenvalue weighted by Gasteiger charge is 2.23. The first kappa shape index (κ1) is 17.7. The summed E-state index contributed by atoms with van der Waals surface area (Å²) in [5, 5.41) is 6.17. The molecular formula is C18H25N3O4. The minimum absolute atomic E-state index is 0.0372. The zero-order chi connectivity index (χ0) is 17.6. The number of amides is 2. The van der Waals surface area contributed by atoms with Crippen molar-refractivity contribution in [3.05, 3.63) is 18.2 Å². The summed E-state index contributed by atoms with van der Waals surface area (Å²) >= 11 is 0. The Morgan fingerprint density at radius 2 is 2.32 bits per heavy atom. The Morgan fingerprint density at radius 3 is 3.04 bits per heavy atom. The fraction of sp³-hybridized carbons (Fsp3) is 0.556. The van der Waals surface area contributed by atoms with Gasteiger partial charge in [-0.3, -0.25) is 9.59 Å². The van der Waals surface area contributed by atoms with E-state index in [-0.39, 0.29) is 17.9 Å². The first-order valence-electron chi connectivity index (χ1n) is 8.77. The van der Waals surface area contributed by atoms with Gasteiger partial charge in [0.2, 0.25) is 11.8 Å². The van der Waals surface area contributed by atoms with Crippen molar-refractivity contribution in [2.24, 2.45) is 0 Å². The van der Waals surface area contributed by atoms with E-state index in [4.69, 9.17) is 9.47 Å². The van der Waals surface area contributed by atoms with Crippen LogP contribution in [0.5, 0.6) is 5.75 Å². The van der Waals surface area contributed by atoms with Crippen molar-refractivity contribution in [3.63, 3.8) is 0 Å². The van der Waals surface area contributed by atoms with Crippen LogP contribution >= 0.6 is 0 Å². The molecule has 1 atom stereocenters. The lowest BCUT2D eigenvalue weighted by Gasteiger charge is -2.28. The SMILES string of the molecule is COc1ccc(NC(=O)CC2COCCN2)cc1N1CCCCC1=O. The van der Waals surface area contributed by atoms with Crippen molar-refractivity contribution in [1.82, 2.24) is 5.32 Å². The van der Waals surface area contributed by atoms with Crippen LogP contribution in [0.15, 0.2) is 18.2 Å². The Hall–Kier alpha value is -2.12. The number of carbonyl (C=O) groups is 2. The molecule has 25 heavy (non-hydrogen) atoms. The number of nitrogens with zero attached hydrogens (tertiary/aromatic N) is 1. The maximum Gasteiger partial charge on any atom is 0.227 e. The van der Waals surface area contributed by atoms with Crippen molar-refractivity contribution in [2.75, 3.05) is 43.6 Å². The van der Waals surface area contributed by atoms with E-state index < -0.39 is 0 Å². The maximum atomic E-state index is 12.3. The topological polar surface area (TPSA) is 79.9 Å². The highest BCUT2D eigenvalue weighted by molar-refractivity contribution is 5.97. The second-order valence-electron chi connectivity index (χ2n) is 6.37. The van der Waals surface area contributed by atoms with Crippen LogP contribution in [-0.2, 0) is 14.3 Å². The second kappa shape index (κ2) is 8.31. The number of hydrogen-bond donors (Lipinski definition) is 2. The molecule has 2 N–H and O–H groups in total. The van der Waals surface area contributed by atoms with Crippen LogP contribution in [0.1, 0.15) is 25.7 Å². The quantitative estimate of drug-likeness (QED) is 0.844. The summed E-state index contributed by atoms with van der Waals surface area (Å²) in [7, 11) is 1.58. The lowest BCUT2D eigenvalue weighted by atomic mass is 10.1. The number of rotatable bonds is 5. The van der Waals surface area contributed by atoms with Crippen molar-refractivity contribution in [1.29, 1.82) is 0 Å². The van der Waals surface area contributed by atoms with Crippen molar-refractivity contribution in [3.8, 4) is 5.75 Å².